The summed E-state index contributed by atoms with van der Waals surface area (Å²) in [6.45, 7) is 2.26. The number of nitriles is 1. The lowest BCUT2D eigenvalue weighted by Crippen LogP contribution is -2.14. The fraction of sp³-hybridized carbons (Fsp3) is 0.567. The van der Waals surface area contributed by atoms with Gasteiger partial charge in [-0.2, -0.15) is 9.65 Å². The molecular weight excluding hydrogens is 393 g/mol. The number of aryl methyl sites for hydroxylation is 1. The highest BCUT2D eigenvalue weighted by Crippen LogP contribution is 2.37. The van der Waals surface area contributed by atoms with Gasteiger partial charge in [-0.15, -0.1) is 0 Å². The Kier molecular flexibility index (Phi) is 10.3. The van der Waals surface area contributed by atoms with Crippen LogP contribution in [-0.2, 0) is 6.42 Å². The third kappa shape index (κ3) is 8.09. The van der Waals surface area contributed by atoms with Crippen LogP contribution in [0.5, 0.6) is 0 Å². The molecule has 2 heteroatoms. The van der Waals surface area contributed by atoms with Gasteiger partial charge in [-0.1, -0.05) is 68.3 Å². The molecule has 2 saturated carbocycles. The second-order valence-electron chi connectivity index (χ2n) is 9.88. The van der Waals surface area contributed by atoms with Crippen LogP contribution in [0, 0.1) is 29.1 Å². The maximum atomic E-state index is 12.9. The minimum absolute atomic E-state index is 0.524. The zero-order valence-corrected chi connectivity index (χ0v) is 19.8. The number of hydrogen-bond acceptors (Lipinski definition) is 1. The zero-order valence-electron chi connectivity index (χ0n) is 19.8. The lowest BCUT2D eigenvalue weighted by Gasteiger charge is -2.28. The van der Waals surface area contributed by atoms with Crippen LogP contribution >= 0.6 is 0 Å². The van der Waals surface area contributed by atoms with E-state index in [1.807, 2.05) is 0 Å². The summed E-state index contributed by atoms with van der Waals surface area (Å²) in [6.07, 6.45) is 25.2. The standard InChI is InChI=1S/C30H40FN/c1-2-3-4-6-24-15-19-28(20-16-24)29-21-17-27(18-22-29)14-13-26-11-9-25(10-12-26)7-5-8-30(31)23-32/h5,7-8,13-16,19-20,25-27,29H,2-4,6,9-12,17-18,21-22H2,1H3/b7-5?,14-13+,30-8?. The van der Waals surface area contributed by atoms with Crippen molar-refractivity contribution in [2.45, 2.75) is 89.9 Å². The quantitative estimate of drug-likeness (QED) is 0.165. The van der Waals surface area contributed by atoms with Crippen LogP contribution in [0.15, 0.2) is 60.5 Å². The monoisotopic (exact) mass is 433 g/mol. The fourth-order valence-electron chi connectivity index (χ4n) is 5.36. The van der Waals surface area contributed by atoms with E-state index in [1.54, 1.807) is 11.6 Å². The average molecular weight is 434 g/mol. The van der Waals surface area contributed by atoms with Gasteiger partial charge >= 0.3 is 0 Å². The van der Waals surface area contributed by atoms with Crippen LogP contribution in [0.25, 0.3) is 0 Å². The molecule has 0 amide bonds. The Labute approximate surface area is 195 Å². The Bertz CT molecular complexity index is 794. The Hall–Kier alpha value is -2.14. The number of rotatable bonds is 9. The van der Waals surface area contributed by atoms with Crippen LogP contribution in [-0.4, -0.2) is 0 Å². The number of nitrogens with zero attached hydrogens (tertiary/aromatic N) is 1. The highest BCUT2D eigenvalue weighted by molar-refractivity contribution is 5.26. The highest BCUT2D eigenvalue weighted by atomic mass is 19.1. The third-order valence-electron chi connectivity index (χ3n) is 7.50. The van der Waals surface area contributed by atoms with E-state index in [2.05, 4.69) is 49.4 Å². The SMILES string of the molecule is CCCCCc1ccc(C2CCC(/C=C/C3CCC(C=CC=C(F)C#N)CC3)CC2)cc1. The lowest BCUT2D eigenvalue weighted by atomic mass is 9.77. The summed E-state index contributed by atoms with van der Waals surface area (Å²) >= 11 is 0. The van der Waals surface area contributed by atoms with Gasteiger partial charge < -0.3 is 0 Å². The molecule has 172 valence electrons. The summed E-state index contributed by atoms with van der Waals surface area (Å²) in [5.41, 5.74) is 3.04. The first-order chi connectivity index (χ1) is 15.7. The molecule has 1 aromatic carbocycles. The maximum Gasteiger partial charge on any atom is 0.199 e. The summed E-state index contributed by atoms with van der Waals surface area (Å²) in [5, 5.41) is 8.45. The van der Waals surface area contributed by atoms with Gasteiger partial charge in [0.2, 0.25) is 0 Å². The lowest BCUT2D eigenvalue weighted by molar-refractivity contribution is 0.348. The van der Waals surface area contributed by atoms with Gasteiger partial charge in [0.05, 0.1) is 0 Å². The van der Waals surface area contributed by atoms with E-state index in [-0.39, 0.29) is 0 Å². The molecule has 0 aromatic heterocycles. The van der Waals surface area contributed by atoms with Crippen LogP contribution in [0.2, 0.25) is 0 Å². The molecule has 2 aliphatic carbocycles. The van der Waals surface area contributed by atoms with Crippen molar-refractivity contribution in [2.24, 2.45) is 17.8 Å². The normalized spacial score (nSPS) is 27.1. The van der Waals surface area contributed by atoms with Gasteiger partial charge in [0.25, 0.3) is 0 Å². The molecule has 0 atom stereocenters. The van der Waals surface area contributed by atoms with Gasteiger partial charge in [-0.05, 0) is 105 Å². The smallest absolute Gasteiger partial charge is 0.195 e. The van der Waals surface area contributed by atoms with E-state index in [0.717, 1.165) is 24.7 Å². The summed E-state index contributed by atoms with van der Waals surface area (Å²) in [5.74, 6) is 2.00. The largest absolute Gasteiger partial charge is 0.199 e. The topological polar surface area (TPSA) is 23.8 Å². The van der Waals surface area contributed by atoms with Crippen LogP contribution < -0.4 is 0 Å². The predicted octanol–water partition coefficient (Wildman–Crippen LogP) is 8.99. The molecule has 0 heterocycles. The van der Waals surface area contributed by atoms with E-state index in [4.69, 9.17) is 5.26 Å². The van der Waals surface area contributed by atoms with Gasteiger partial charge in [-0.25, -0.2) is 0 Å². The summed E-state index contributed by atoms with van der Waals surface area (Å²) in [4.78, 5) is 0. The van der Waals surface area contributed by atoms with Crippen molar-refractivity contribution in [3.63, 3.8) is 0 Å². The first kappa shape index (κ1) is 24.5. The number of halogens is 1. The molecule has 0 spiro atoms. The predicted molar refractivity (Wildman–Crippen MR) is 133 cm³/mol. The number of unbranched alkanes of at least 4 members (excludes halogenated alkanes) is 2. The molecule has 0 N–H and O–H groups in total. The van der Waals surface area contributed by atoms with E-state index in [0.29, 0.717) is 11.8 Å². The Balaban J connectivity index is 1.37. The molecule has 0 unspecified atom stereocenters. The van der Waals surface area contributed by atoms with Crippen LogP contribution in [0.1, 0.15) is 94.6 Å². The first-order valence-corrected chi connectivity index (χ1v) is 12.9. The van der Waals surface area contributed by atoms with E-state index >= 15 is 0 Å². The van der Waals surface area contributed by atoms with Crippen molar-refractivity contribution in [1.82, 2.24) is 0 Å². The molecule has 32 heavy (non-hydrogen) atoms. The summed E-state index contributed by atoms with van der Waals surface area (Å²) in [6, 6.07) is 11.0. The minimum Gasteiger partial charge on any atom is -0.195 e. The molecule has 0 bridgehead atoms. The zero-order chi connectivity index (χ0) is 22.6. The summed E-state index contributed by atoms with van der Waals surface area (Å²) in [7, 11) is 0. The van der Waals surface area contributed by atoms with Crippen molar-refractivity contribution < 1.29 is 4.39 Å². The van der Waals surface area contributed by atoms with Crippen molar-refractivity contribution in [2.75, 3.05) is 0 Å². The van der Waals surface area contributed by atoms with Gasteiger partial charge in [0, 0.05) is 0 Å². The Morgan fingerprint density at radius 3 is 2.00 bits per heavy atom. The van der Waals surface area contributed by atoms with Crippen molar-refractivity contribution in [3.8, 4) is 6.07 Å². The molecular formula is C30H40FN. The number of benzene rings is 1. The van der Waals surface area contributed by atoms with Crippen molar-refractivity contribution in [1.29, 1.82) is 5.26 Å². The number of hydrogen-bond donors (Lipinski definition) is 0. The van der Waals surface area contributed by atoms with E-state index in [1.165, 1.54) is 81.9 Å². The highest BCUT2D eigenvalue weighted by Gasteiger charge is 2.22. The summed E-state index contributed by atoms with van der Waals surface area (Å²) < 4.78 is 12.9. The fourth-order valence-corrected chi connectivity index (χ4v) is 5.36. The van der Waals surface area contributed by atoms with Gasteiger partial charge in [0.1, 0.15) is 6.07 Å². The second-order valence-corrected chi connectivity index (χ2v) is 9.88. The van der Waals surface area contributed by atoms with Gasteiger partial charge in [-0.3, -0.25) is 0 Å². The molecule has 0 saturated heterocycles. The first-order valence-electron chi connectivity index (χ1n) is 12.9. The molecule has 0 aliphatic heterocycles. The molecule has 3 rings (SSSR count). The van der Waals surface area contributed by atoms with E-state index in [9.17, 15) is 4.39 Å². The van der Waals surface area contributed by atoms with Gasteiger partial charge in [0.15, 0.2) is 5.83 Å². The van der Waals surface area contributed by atoms with Crippen LogP contribution in [0.3, 0.4) is 0 Å². The Morgan fingerprint density at radius 2 is 1.44 bits per heavy atom. The number of allylic oxidation sites excluding steroid dienone is 6. The molecule has 2 aliphatic rings. The Morgan fingerprint density at radius 1 is 0.875 bits per heavy atom. The second kappa shape index (κ2) is 13.4. The molecule has 1 nitrogen and oxygen atoms in total. The van der Waals surface area contributed by atoms with Crippen LogP contribution in [0.4, 0.5) is 4.39 Å². The van der Waals surface area contributed by atoms with Crippen molar-refractivity contribution in [3.05, 3.63) is 71.6 Å². The molecule has 0 radical (unpaired) electrons. The van der Waals surface area contributed by atoms with Crippen molar-refractivity contribution >= 4 is 0 Å². The molecule has 2 fully saturated rings. The minimum atomic E-state index is -0.716. The molecule has 1 aromatic rings. The average Bonchev–Trinajstić information content (AvgIpc) is 2.84. The third-order valence-corrected chi connectivity index (χ3v) is 7.50. The van der Waals surface area contributed by atoms with E-state index < -0.39 is 5.83 Å². The maximum absolute atomic E-state index is 12.9.